The first kappa shape index (κ1) is 32.9. The van der Waals surface area contributed by atoms with E-state index in [0.717, 1.165) is 44.9 Å². The second-order valence-electron chi connectivity index (χ2n) is 15.8. The Hall–Kier alpha value is -1.65. The molecule has 0 saturated heterocycles. The summed E-state index contributed by atoms with van der Waals surface area (Å²) in [6.07, 6.45) is 6.79. The lowest BCUT2D eigenvalue weighted by molar-refractivity contribution is 0.0305. The number of hydrogen-bond acceptors (Lipinski definition) is 3. The maximum Gasteiger partial charge on any atom is 0.297 e. The zero-order chi connectivity index (χ0) is 30.0. The van der Waals surface area contributed by atoms with Crippen LogP contribution in [0.5, 0.6) is 0 Å². The van der Waals surface area contributed by atoms with Crippen molar-refractivity contribution >= 4 is 10.1 Å². The normalized spacial score (nSPS) is 17.9. The third-order valence-electron chi connectivity index (χ3n) is 9.78. The lowest BCUT2D eigenvalue weighted by Gasteiger charge is -2.51. The molecule has 1 fully saturated rings. The maximum absolute atomic E-state index is 13.1. The van der Waals surface area contributed by atoms with E-state index in [1.165, 1.54) is 11.1 Å². The number of rotatable bonds is 10. The van der Waals surface area contributed by atoms with Crippen molar-refractivity contribution in [3.8, 4) is 0 Å². The van der Waals surface area contributed by atoms with Gasteiger partial charge in [-0.25, -0.2) is 0 Å². The molecule has 0 N–H and O–H groups in total. The van der Waals surface area contributed by atoms with Crippen LogP contribution in [0, 0.1) is 21.7 Å². The summed E-state index contributed by atoms with van der Waals surface area (Å²) < 4.78 is 31.8. The van der Waals surface area contributed by atoms with Crippen LogP contribution < -0.4 is 0 Å². The maximum atomic E-state index is 13.1. The summed E-state index contributed by atoms with van der Waals surface area (Å²) in [4.78, 5) is 0.269. The molecule has 1 aliphatic carbocycles. The van der Waals surface area contributed by atoms with E-state index in [9.17, 15) is 8.42 Å². The fourth-order valence-corrected chi connectivity index (χ4v) is 7.65. The van der Waals surface area contributed by atoms with Gasteiger partial charge in [0, 0.05) is 0 Å². The zero-order valence-corrected chi connectivity index (χ0v) is 27.8. The first-order chi connectivity index (χ1) is 18.3. The average Bonchev–Trinajstić information content (AvgIpc) is 2.85. The Balaban J connectivity index is 1.94. The van der Waals surface area contributed by atoms with Gasteiger partial charge in [0.2, 0.25) is 0 Å². The van der Waals surface area contributed by atoms with Crippen LogP contribution in [-0.4, -0.2) is 14.5 Å². The molecule has 4 heteroatoms. The van der Waals surface area contributed by atoms with Gasteiger partial charge in [0.05, 0.1) is 11.0 Å². The minimum atomic E-state index is -3.76. The van der Waals surface area contributed by atoms with E-state index in [1.54, 1.807) is 12.1 Å². The van der Waals surface area contributed by atoms with Crippen LogP contribution in [0.3, 0.4) is 0 Å². The summed E-state index contributed by atoms with van der Waals surface area (Å²) in [5, 5.41) is 0. The van der Waals surface area contributed by atoms with Crippen molar-refractivity contribution in [2.24, 2.45) is 21.7 Å². The summed E-state index contributed by atoms with van der Waals surface area (Å²) in [5.41, 5.74) is 2.80. The van der Waals surface area contributed by atoms with E-state index in [1.807, 2.05) is 12.1 Å². The molecule has 40 heavy (non-hydrogen) atoms. The van der Waals surface area contributed by atoms with Gasteiger partial charge in [-0.3, -0.25) is 4.18 Å². The summed E-state index contributed by atoms with van der Waals surface area (Å²) in [6.45, 7) is 23.7. The minimum absolute atomic E-state index is 0.00550. The third-order valence-corrected chi connectivity index (χ3v) is 11.2. The third kappa shape index (κ3) is 8.22. The van der Waals surface area contributed by atoms with Gasteiger partial charge < -0.3 is 0 Å². The van der Waals surface area contributed by atoms with E-state index in [2.05, 4.69) is 99.6 Å². The molecule has 2 aromatic rings. The molecule has 2 unspecified atom stereocenters. The fourth-order valence-electron chi connectivity index (χ4n) is 6.52. The van der Waals surface area contributed by atoms with Crippen molar-refractivity contribution in [2.45, 2.75) is 137 Å². The topological polar surface area (TPSA) is 43.4 Å². The van der Waals surface area contributed by atoms with Gasteiger partial charge in [0.25, 0.3) is 10.1 Å². The van der Waals surface area contributed by atoms with Crippen LogP contribution in [0.4, 0.5) is 0 Å². The molecule has 0 spiro atoms. The SMILES string of the molecule is CC(C)(C)CC(c1ccc(S(=O)(=O)OC2CCCCC2)cc1)C(C)(C)C(C)(C)CC(c1ccccc1)C(C)(C)C. The molecule has 2 aromatic carbocycles. The van der Waals surface area contributed by atoms with Crippen LogP contribution in [0.15, 0.2) is 59.5 Å². The van der Waals surface area contributed by atoms with Gasteiger partial charge in [0.15, 0.2) is 0 Å². The first-order valence-electron chi connectivity index (χ1n) is 15.4. The predicted molar refractivity (Wildman–Crippen MR) is 169 cm³/mol. The van der Waals surface area contributed by atoms with Crippen molar-refractivity contribution in [2.75, 3.05) is 0 Å². The van der Waals surface area contributed by atoms with Crippen molar-refractivity contribution in [1.29, 1.82) is 0 Å². The summed E-state index contributed by atoms with van der Waals surface area (Å²) in [6, 6.07) is 18.6. The van der Waals surface area contributed by atoms with E-state index in [-0.39, 0.29) is 38.6 Å². The molecular weight excluding hydrogens is 512 g/mol. The Morgan fingerprint density at radius 3 is 1.73 bits per heavy atom. The molecule has 3 rings (SSSR count). The number of hydrogen-bond donors (Lipinski definition) is 0. The molecule has 1 aliphatic rings. The predicted octanol–water partition coefficient (Wildman–Crippen LogP) is 10.5. The lowest BCUT2D eigenvalue weighted by atomic mass is 9.53. The highest BCUT2D eigenvalue weighted by atomic mass is 32.2. The van der Waals surface area contributed by atoms with E-state index in [0.29, 0.717) is 5.92 Å². The highest BCUT2D eigenvalue weighted by Gasteiger charge is 2.47. The smallest absolute Gasteiger partial charge is 0.263 e. The van der Waals surface area contributed by atoms with Crippen LogP contribution >= 0.6 is 0 Å². The molecular formula is C36H56O3S. The van der Waals surface area contributed by atoms with Crippen molar-refractivity contribution in [3.05, 3.63) is 65.7 Å². The van der Waals surface area contributed by atoms with E-state index in [4.69, 9.17) is 4.18 Å². The summed E-state index contributed by atoms with van der Waals surface area (Å²) in [7, 11) is -3.76. The van der Waals surface area contributed by atoms with Gasteiger partial charge in [0.1, 0.15) is 0 Å². The minimum Gasteiger partial charge on any atom is -0.263 e. The fraction of sp³-hybridized carbons (Fsp3) is 0.667. The average molecular weight is 569 g/mol. The van der Waals surface area contributed by atoms with E-state index >= 15 is 0 Å². The molecule has 0 bridgehead atoms. The highest BCUT2D eigenvalue weighted by molar-refractivity contribution is 7.86. The Labute approximate surface area is 246 Å². The summed E-state index contributed by atoms with van der Waals surface area (Å²) in [5.74, 6) is 0.678. The quantitative estimate of drug-likeness (QED) is 0.268. The molecule has 3 nitrogen and oxygen atoms in total. The molecule has 0 aromatic heterocycles. The highest BCUT2D eigenvalue weighted by Crippen LogP contribution is 2.57. The van der Waals surface area contributed by atoms with Crippen molar-refractivity contribution in [1.82, 2.24) is 0 Å². The molecule has 224 valence electrons. The van der Waals surface area contributed by atoms with Gasteiger partial charge in [-0.2, -0.15) is 8.42 Å². The molecule has 0 aliphatic heterocycles. The Kier molecular flexibility index (Phi) is 10.1. The Morgan fingerprint density at radius 1 is 0.700 bits per heavy atom. The standard InChI is InChI=1S/C36H56O3S/c1-33(2,3)25-32(28-21-23-30(24-22-28)40(37,38)39-29-19-15-12-16-20-29)36(9,10)35(7,8)26-31(34(4,5)6)27-17-13-11-14-18-27/h11,13-14,17-18,21-24,29,31-32H,12,15-16,19-20,25-26H2,1-10H3. The Bertz CT molecular complexity index is 1170. The van der Waals surface area contributed by atoms with Gasteiger partial charge >= 0.3 is 0 Å². The zero-order valence-electron chi connectivity index (χ0n) is 27.0. The van der Waals surface area contributed by atoms with Gasteiger partial charge in [-0.1, -0.05) is 131 Å². The van der Waals surface area contributed by atoms with Gasteiger partial charge in [-0.05, 0) is 82.4 Å². The van der Waals surface area contributed by atoms with Crippen LogP contribution in [0.1, 0.15) is 137 Å². The second-order valence-corrected chi connectivity index (χ2v) is 17.4. The van der Waals surface area contributed by atoms with Crippen molar-refractivity contribution in [3.63, 3.8) is 0 Å². The largest absolute Gasteiger partial charge is 0.297 e. The molecule has 0 radical (unpaired) electrons. The molecule has 0 amide bonds. The molecule has 0 heterocycles. The van der Waals surface area contributed by atoms with Gasteiger partial charge in [-0.15, -0.1) is 0 Å². The molecule has 2 atom stereocenters. The monoisotopic (exact) mass is 568 g/mol. The van der Waals surface area contributed by atoms with Crippen LogP contribution in [0.2, 0.25) is 0 Å². The Morgan fingerprint density at radius 2 is 1.23 bits per heavy atom. The lowest BCUT2D eigenvalue weighted by Crippen LogP contribution is -2.41. The van der Waals surface area contributed by atoms with E-state index < -0.39 is 10.1 Å². The number of benzene rings is 2. The van der Waals surface area contributed by atoms with Crippen LogP contribution in [0.25, 0.3) is 0 Å². The van der Waals surface area contributed by atoms with Crippen LogP contribution in [-0.2, 0) is 14.3 Å². The molecule has 1 saturated carbocycles. The van der Waals surface area contributed by atoms with Crippen molar-refractivity contribution < 1.29 is 12.6 Å². The second kappa shape index (κ2) is 12.3. The first-order valence-corrected chi connectivity index (χ1v) is 16.8. The summed E-state index contributed by atoms with van der Waals surface area (Å²) >= 11 is 0.